The van der Waals surface area contributed by atoms with Crippen LogP contribution in [0.25, 0.3) is 0 Å². The van der Waals surface area contributed by atoms with Crippen LogP contribution in [-0.4, -0.2) is 12.6 Å². The molecule has 3 aliphatic rings. The highest BCUT2D eigenvalue weighted by Crippen LogP contribution is 2.55. The predicted molar refractivity (Wildman–Crippen MR) is 72.9 cm³/mol. The van der Waals surface area contributed by atoms with Crippen molar-refractivity contribution in [1.29, 1.82) is 0 Å². The summed E-state index contributed by atoms with van der Waals surface area (Å²) in [5.41, 5.74) is 0. The summed E-state index contributed by atoms with van der Waals surface area (Å²) in [6.07, 6.45) is 10.5. The molecule has 1 nitrogen and oxygen atoms in total. The van der Waals surface area contributed by atoms with Crippen molar-refractivity contribution in [3.63, 3.8) is 0 Å². The van der Waals surface area contributed by atoms with Gasteiger partial charge >= 0.3 is 0 Å². The summed E-state index contributed by atoms with van der Waals surface area (Å²) < 4.78 is 0. The van der Waals surface area contributed by atoms with Gasteiger partial charge in [-0.3, -0.25) is 0 Å². The van der Waals surface area contributed by atoms with E-state index in [2.05, 4.69) is 19.2 Å². The van der Waals surface area contributed by atoms with Gasteiger partial charge in [-0.15, -0.1) is 0 Å². The fourth-order valence-corrected chi connectivity index (χ4v) is 5.24. The summed E-state index contributed by atoms with van der Waals surface area (Å²) in [7, 11) is 0. The summed E-state index contributed by atoms with van der Waals surface area (Å²) >= 11 is 0. The predicted octanol–water partition coefficient (Wildman–Crippen LogP) is 3.84. The van der Waals surface area contributed by atoms with E-state index in [-0.39, 0.29) is 0 Å². The largest absolute Gasteiger partial charge is 0.314 e. The Morgan fingerprint density at radius 3 is 2.53 bits per heavy atom. The molecule has 0 aromatic rings. The van der Waals surface area contributed by atoms with Crippen LogP contribution in [-0.2, 0) is 0 Å². The van der Waals surface area contributed by atoms with Crippen LogP contribution in [0.4, 0.5) is 0 Å². The molecule has 0 aromatic carbocycles. The zero-order valence-corrected chi connectivity index (χ0v) is 11.6. The minimum atomic E-state index is 0.832. The summed E-state index contributed by atoms with van der Waals surface area (Å²) in [6, 6.07) is 0.832. The van der Waals surface area contributed by atoms with Gasteiger partial charge < -0.3 is 5.32 Å². The number of hydrogen-bond donors (Lipinski definition) is 1. The van der Waals surface area contributed by atoms with E-state index in [4.69, 9.17) is 0 Å². The summed E-state index contributed by atoms with van der Waals surface area (Å²) in [5, 5.41) is 3.78. The summed E-state index contributed by atoms with van der Waals surface area (Å²) in [4.78, 5) is 0. The van der Waals surface area contributed by atoms with Crippen LogP contribution < -0.4 is 5.32 Å². The number of nitrogens with one attached hydrogen (secondary N) is 1. The molecule has 17 heavy (non-hydrogen) atoms. The van der Waals surface area contributed by atoms with Crippen molar-refractivity contribution in [2.24, 2.45) is 29.6 Å². The van der Waals surface area contributed by atoms with Gasteiger partial charge in [0.1, 0.15) is 0 Å². The lowest BCUT2D eigenvalue weighted by Crippen LogP contribution is -2.35. The van der Waals surface area contributed by atoms with E-state index in [0.29, 0.717) is 0 Å². The van der Waals surface area contributed by atoms with Crippen molar-refractivity contribution in [3.05, 3.63) is 0 Å². The monoisotopic (exact) mass is 235 g/mol. The molecule has 0 aromatic heterocycles. The zero-order valence-electron chi connectivity index (χ0n) is 11.6. The lowest BCUT2D eigenvalue weighted by molar-refractivity contribution is 0.183. The van der Waals surface area contributed by atoms with Gasteiger partial charge in [0.2, 0.25) is 0 Å². The van der Waals surface area contributed by atoms with Gasteiger partial charge in [-0.05, 0) is 74.7 Å². The molecule has 3 fully saturated rings. The highest BCUT2D eigenvalue weighted by molar-refractivity contribution is 4.98. The highest BCUT2D eigenvalue weighted by atomic mass is 14.9. The van der Waals surface area contributed by atoms with Gasteiger partial charge in [-0.1, -0.05) is 20.3 Å². The maximum Gasteiger partial charge on any atom is 0.00955 e. The Balaban J connectivity index is 1.58. The highest BCUT2D eigenvalue weighted by Gasteiger charge is 2.47. The molecule has 6 atom stereocenters. The third-order valence-corrected chi connectivity index (χ3v) is 6.12. The second-order valence-corrected chi connectivity index (χ2v) is 7.00. The molecule has 3 saturated carbocycles. The molecule has 3 rings (SSSR count). The third-order valence-electron chi connectivity index (χ3n) is 6.12. The van der Waals surface area contributed by atoms with Crippen molar-refractivity contribution in [3.8, 4) is 0 Å². The molecule has 0 heterocycles. The average Bonchev–Trinajstić information content (AvgIpc) is 3.01. The first-order valence-electron chi connectivity index (χ1n) is 8.03. The molecule has 0 spiro atoms. The van der Waals surface area contributed by atoms with E-state index < -0.39 is 0 Å². The zero-order chi connectivity index (χ0) is 11.8. The van der Waals surface area contributed by atoms with Crippen LogP contribution >= 0.6 is 0 Å². The maximum atomic E-state index is 3.78. The van der Waals surface area contributed by atoms with Crippen LogP contribution in [0.2, 0.25) is 0 Å². The molecule has 1 N–H and O–H groups in total. The van der Waals surface area contributed by atoms with Gasteiger partial charge in [-0.2, -0.15) is 0 Å². The van der Waals surface area contributed by atoms with Gasteiger partial charge in [0.25, 0.3) is 0 Å². The quantitative estimate of drug-likeness (QED) is 0.781. The SMILES string of the molecule is CCCNC1CCC(C2CC3CCC2C3)C1C. The maximum absolute atomic E-state index is 3.78. The first-order valence-corrected chi connectivity index (χ1v) is 8.03. The van der Waals surface area contributed by atoms with E-state index in [9.17, 15) is 0 Å². The Kier molecular flexibility index (Phi) is 3.47. The molecule has 6 unspecified atom stereocenters. The van der Waals surface area contributed by atoms with E-state index in [1.807, 2.05) is 0 Å². The fraction of sp³-hybridized carbons (Fsp3) is 1.00. The first kappa shape index (κ1) is 12.0. The van der Waals surface area contributed by atoms with Crippen LogP contribution in [0.5, 0.6) is 0 Å². The molecular weight excluding hydrogens is 206 g/mol. The Hall–Kier alpha value is -0.0400. The minimum absolute atomic E-state index is 0.832. The molecule has 2 bridgehead atoms. The Labute approximate surface area is 107 Å². The van der Waals surface area contributed by atoms with Crippen molar-refractivity contribution < 1.29 is 0 Å². The van der Waals surface area contributed by atoms with Gasteiger partial charge in [0.15, 0.2) is 0 Å². The molecule has 0 amide bonds. The minimum Gasteiger partial charge on any atom is -0.314 e. The average molecular weight is 235 g/mol. The summed E-state index contributed by atoms with van der Waals surface area (Å²) in [5.74, 6) is 5.35. The Morgan fingerprint density at radius 2 is 1.88 bits per heavy atom. The molecule has 0 aliphatic heterocycles. The third kappa shape index (κ3) is 2.16. The van der Waals surface area contributed by atoms with Crippen molar-refractivity contribution in [2.45, 2.75) is 64.8 Å². The number of fused-ring (bicyclic) bond motifs is 2. The van der Waals surface area contributed by atoms with E-state index >= 15 is 0 Å². The molecule has 98 valence electrons. The smallest absolute Gasteiger partial charge is 0.00955 e. The second-order valence-electron chi connectivity index (χ2n) is 7.00. The van der Waals surface area contributed by atoms with Crippen LogP contribution in [0, 0.1) is 29.6 Å². The number of rotatable bonds is 4. The normalized spacial score (nSPS) is 49.1. The molecule has 3 aliphatic carbocycles. The molecular formula is C16H29N. The lowest BCUT2D eigenvalue weighted by atomic mass is 9.75. The van der Waals surface area contributed by atoms with E-state index in [1.54, 1.807) is 25.7 Å². The van der Waals surface area contributed by atoms with Crippen LogP contribution in [0.3, 0.4) is 0 Å². The topological polar surface area (TPSA) is 12.0 Å². The molecule has 0 saturated heterocycles. The van der Waals surface area contributed by atoms with Gasteiger partial charge in [0, 0.05) is 6.04 Å². The first-order chi connectivity index (χ1) is 8.29. The standard InChI is InChI=1S/C16H29N/c1-3-8-17-16-7-6-14(11(16)2)15-10-12-4-5-13(15)9-12/h11-17H,3-10H2,1-2H3. The summed E-state index contributed by atoms with van der Waals surface area (Å²) in [6.45, 7) is 6.02. The Morgan fingerprint density at radius 1 is 1.00 bits per heavy atom. The van der Waals surface area contributed by atoms with E-state index in [0.717, 1.165) is 35.6 Å². The molecule has 0 radical (unpaired) electrons. The molecule has 1 heteroatoms. The van der Waals surface area contributed by atoms with Gasteiger partial charge in [0.05, 0.1) is 0 Å². The van der Waals surface area contributed by atoms with E-state index in [1.165, 1.54) is 25.8 Å². The van der Waals surface area contributed by atoms with Crippen LogP contribution in [0.15, 0.2) is 0 Å². The van der Waals surface area contributed by atoms with Crippen molar-refractivity contribution in [1.82, 2.24) is 5.32 Å². The Bertz CT molecular complexity index is 262. The van der Waals surface area contributed by atoms with Crippen LogP contribution in [0.1, 0.15) is 58.8 Å². The second kappa shape index (κ2) is 4.91. The lowest BCUT2D eigenvalue weighted by Gasteiger charge is -2.32. The van der Waals surface area contributed by atoms with Crippen molar-refractivity contribution in [2.75, 3.05) is 6.54 Å². The number of hydrogen-bond acceptors (Lipinski definition) is 1. The fourth-order valence-electron chi connectivity index (χ4n) is 5.24. The van der Waals surface area contributed by atoms with Gasteiger partial charge in [-0.25, -0.2) is 0 Å². The van der Waals surface area contributed by atoms with Crippen molar-refractivity contribution >= 4 is 0 Å².